The Morgan fingerprint density at radius 1 is 1.36 bits per heavy atom. The van der Waals surface area contributed by atoms with Gasteiger partial charge in [0.05, 0.1) is 5.92 Å². The minimum absolute atomic E-state index is 0.0441. The lowest BCUT2D eigenvalue weighted by Crippen LogP contribution is -2.44. The number of nitrogens with zero attached hydrogens (tertiary/aromatic N) is 2. The maximum atomic E-state index is 14.1. The SMILES string of the molecule is C=C.CC(C(=O)c1sc(NC2CCN(C(=O)OC(C)(C)C)CC2)nc1N)/C(F)=C\C=C/CF. The number of anilines is 2. The highest BCUT2D eigenvalue weighted by atomic mass is 32.1. The summed E-state index contributed by atoms with van der Waals surface area (Å²) in [7, 11) is 0. The van der Waals surface area contributed by atoms with E-state index in [4.69, 9.17) is 10.5 Å². The first-order valence-corrected chi connectivity index (χ1v) is 11.5. The van der Waals surface area contributed by atoms with Crippen LogP contribution >= 0.6 is 11.3 Å². The standard InChI is InChI=1S/C21H30F2N4O3S.C2H4/c1-13(15(23)7-5-6-10-22)16(28)17-18(24)26-19(31-17)25-14-8-11-27(12-9-14)20(29)30-21(2,3)4;1-2/h5-7,13-14H,8-12,24H2,1-4H3,(H,25,26);1-2H2/b6-5-,15-7+;. The number of piperidine rings is 1. The Hall–Kier alpha value is -2.75. The van der Waals surface area contributed by atoms with E-state index in [1.807, 2.05) is 20.8 Å². The summed E-state index contributed by atoms with van der Waals surface area (Å²) in [5.74, 6) is -2.16. The van der Waals surface area contributed by atoms with Crippen LogP contribution < -0.4 is 11.1 Å². The van der Waals surface area contributed by atoms with Crippen molar-refractivity contribution in [3.05, 3.63) is 42.1 Å². The van der Waals surface area contributed by atoms with Crippen molar-refractivity contribution in [3.63, 3.8) is 0 Å². The molecule has 184 valence electrons. The number of amides is 1. The van der Waals surface area contributed by atoms with Gasteiger partial charge < -0.3 is 20.7 Å². The lowest BCUT2D eigenvalue weighted by Gasteiger charge is -2.33. The molecule has 0 spiro atoms. The van der Waals surface area contributed by atoms with Gasteiger partial charge in [0.25, 0.3) is 0 Å². The smallest absolute Gasteiger partial charge is 0.410 e. The van der Waals surface area contributed by atoms with Gasteiger partial charge in [0.2, 0.25) is 0 Å². The number of halogens is 2. The summed E-state index contributed by atoms with van der Waals surface area (Å²) >= 11 is 1.08. The fraction of sp³-hybridized carbons (Fsp3) is 0.522. The molecule has 1 fully saturated rings. The van der Waals surface area contributed by atoms with Crippen LogP contribution in [0.15, 0.2) is 37.2 Å². The summed E-state index contributed by atoms with van der Waals surface area (Å²) in [5, 5.41) is 3.73. The molecule has 10 heteroatoms. The van der Waals surface area contributed by atoms with Crippen LogP contribution in [0.1, 0.15) is 50.2 Å². The lowest BCUT2D eigenvalue weighted by molar-refractivity contribution is 0.0210. The van der Waals surface area contributed by atoms with Crippen LogP contribution in [0, 0.1) is 5.92 Å². The highest BCUT2D eigenvalue weighted by Crippen LogP contribution is 2.31. The number of carbonyl (C=O) groups excluding carboxylic acids is 2. The van der Waals surface area contributed by atoms with E-state index in [0.717, 1.165) is 23.5 Å². The third kappa shape index (κ3) is 8.95. The first kappa shape index (κ1) is 28.3. The van der Waals surface area contributed by atoms with Gasteiger partial charge in [-0.2, -0.15) is 0 Å². The van der Waals surface area contributed by atoms with E-state index in [2.05, 4.69) is 23.5 Å². The van der Waals surface area contributed by atoms with Crippen LogP contribution in [0.2, 0.25) is 0 Å². The van der Waals surface area contributed by atoms with Gasteiger partial charge in [0, 0.05) is 19.1 Å². The number of carbonyl (C=O) groups is 2. The van der Waals surface area contributed by atoms with E-state index in [1.54, 1.807) is 4.90 Å². The van der Waals surface area contributed by atoms with Crippen molar-refractivity contribution < 1.29 is 23.1 Å². The normalized spacial score (nSPS) is 16.2. The molecular formula is C23H34F2N4O3S. The van der Waals surface area contributed by atoms with Crippen LogP contribution in [-0.2, 0) is 4.74 Å². The van der Waals surface area contributed by atoms with Crippen molar-refractivity contribution in [1.82, 2.24) is 9.88 Å². The van der Waals surface area contributed by atoms with Gasteiger partial charge in [0.15, 0.2) is 10.9 Å². The monoisotopic (exact) mass is 484 g/mol. The lowest BCUT2D eigenvalue weighted by atomic mass is 10.0. The Morgan fingerprint density at radius 2 is 1.97 bits per heavy atom. The summed E-state index contributed by atoms with van der Waals surface area (Å²) in [6, 6.07) is 0.0621. The topological polar surface area (TPSA) is 97.5 Å². The van der Waals surface area contributed by atoms with Crippen LogP contribution in [0.3, 0.4) is 0 Å². The van der Waals surface area contributed by atoms with Gasteiger partial charge in [0.1, 0.15) is 28.8 Å². The average Bonchev–Trinajstić information content (AvgIpc) is 3.13. The van der Waals surface area contributed by atoms with Gasteiger partial charge >= 0.3 is 6.09 Å². The van der Waals surface area contributed by atoms with Gasteiger partial charge in [-0.05, 0) is 46.6 Å². The molecule has 1 aromatic heterocycles. The molecule has 2 heterocycles. The van der Waals surface area contributed by atoms with E-state index in [1.165, 1.54) is 13.0 Å². The minimum atomic E-state index is -1.04. The Bertz CT molecular complexity index is 856. The Morgan fingerprint density at radius 3 is 2.52 bits per heavy atom. The second-order valence-electron chi connectivity index (χ2n) is 8.34. The van der Waals surface area contributed by atoms with Crippen molar-refractivity contribution in [2.45, 2.75) is 52.2 Å². The number of thiazole rings is 1. The van der Waals surface area contributed by atoms with Crippen molar-refractivity contribution >= 4 is 34.2 Å². The number of aromatic nitrogens is 1. The molecule has 0 aliphatic carbocycles. The van der Waals surface area contributed by atoms with Crippen LogP contribution in [0.4, 0.5) is 24.5 Å². The molecule has 33 heavy (non-hydrogen) atoms. The summed E-state index contributed by atoms with van der Waals surface area (Å²) < 4.78 is 31.6. The highest BCUT2D eigenvalue weighted by Gasteiger charge is 2.28. The maximum absolute atomic E-state index is 14.1. The zero-order valence-corrected chi connectivity index (χ0v) is 20.5. The van der Waals surface area contributed by atoms with Gasteiger partial charge in [-0.25, -0.2) is 18.6 Å². The van der Waals surface area contributed by atoms with Gasteiger partial charge in [-0.1, -0.05) is 23.5 Å². The number of alkyl halides is 1. The second kappa shape index (κ2) is 13.1. The molecule has 7 nitrogen and oxygen atoms in total. The van der Waals surface area contributed by atoms with Crippen LogP contribution in [-0.4, -0.2) is 53.2 Å². The predicted molar refractivity (Wildman–Crippen MR) is 130 cm³/mol. The zero-order valence-electron chi connectivity index (χ0n) is 19.7. The molecule has 1 aromatic rings. The van der Waals surface area contributed by atoms with Crippen LogP contribution in [0.5, 0.6) is 0 Å². The minimum Gasteiger partial charge on any atom is -0.444 e. The molecule has 0 bridgehead atoms. The number of nitrogen functional groups attached to an aromatic ring is 1. The van der Waals surface area contributed by atoms with E-state index in [-0.39, 0.29) is 22.8 Å². The van der Waals surface area contributed by atoms with Gasteiger partial charge in [-0.3, -0.25) is 4.79 Å². The van der Waals surface area contributed by atoms with Crippen molar-refractivity contribution in [2.24, 2.45) is 5.92 Å². The third-order valence-corrected chi connectivity index (χ3v) is 5.66. The number of nitrogens with one attached hydrogen (secondary N) is 1. The van der Waals surface area contributed by atoms with E-state index < -0.39 is 29.8 Å². The quantitative estimate of drug-likeness (QED) is 0.300. The average molecular weight is 485 g/mol. The molecule has 1 aliphatic heterocycles. The summed E-state index contributed by atoms with van der Waals surface area (Å²) in [6.45, 7) is 13.3. The number of allylic oxidation sites excluding steroid dienone is 4. The maximum Gasteiger partial charge on any atom is 0.410 e. The number of ether oxygens (including phenoxy) is 1. The number of hydrogen-bond donors (Lipinski definition) is 2. The third-order valence-electron chi connectivity index (χ3n) is 4.64. The van der Waals surface area contributed by atoms with Crippen LogP contribution in [0.25, 0.3) is 0 Å². The van der Waals surface area contributed by atoms with E-state index >= 15 is 0 Å². The fourth-order valence-electron chi connectivity index (χ4n) is 2.96. The van der Waals surface area contributed by atoms with E-state index in [0.29, 0.717) is 31.1 Å². The second-order valence-corrected chi connectivity index (χ2v) is 9.34. The molecule has 1 saturated heterocycles. The molecule has 3 N–H and O–H groups in total. The molecule has 1 atom stereocenters. The zero-order chi connectivity index (χ0) is 25.2. The van der Waals surface area contributed by atoms with Crippen molar-refractivity contribution in [1.29, 1.82) is 0 Å². The number of likely N-dealkylation sites (tertiary alicyclic amines) is 1. The molecule has 0 radical (unpaired) electrons. The largest absolute Gasteiger partial charge is 0.444 e. The van der Waals surface area contributed by atoms with E-state index in [9.17, 15) is 18.4 Å². The Kier molecular flexibility index (Phi) is 11.2. The fourth-order valence-corrected chi connectivity index (χ4v) is 3.95. The molecule has 2 rings (SSSR count). The molecule has 1 aliphatic rings. The number of rotatable bonds is 7. The Labute approximate surface area is 198 Å². The summed E-state index contributed by atoms with van der Waals surface area (Å²) in [4.78, 5) is 30.8. The van der Waals surface area contributed by atoms with Gasteiger partial charge in [-0.15, -0.1) is 13.2 Å². The highest BCUT2D eigenvalue weighted by molar-refractivity contribution is 7.18. The molecular weight excluding hydrogens is 450 g/mol. The first-order valence-electron chi connectivity index (χ1n) is 10.6. The number of hydrogen-bond acceptors (Lipinski definition) is 7. The number of Topliss-reactive ketones (excluding diaryl/α,β-unsaturated/α-hetero) is 1. The van der Waals surface area contributed by atoms with Crippen molar-refractivity contribution in [2.75, 3.05) is 30.8 Å². The van der Waals surface area contributed by atoms with Crippen molar-refractivity contribution in [3.8, 4) is 0 Å². The Balaban J connectivity index is 0.00000265. The number of ketones is 1. The molecule has 0 aromatic carbocycles. The summed E-state index contributed by atoms with van der Waals surface area (Å²) in [5.41, 5.74) is 5.35. The summed E-state index contributed by atoms with van der Waals surface area (Å²) in [6.07, 6.45) is 4.49. The molecule has 1 unspecified atom stereocenters. The molecule has 1 amide bonds. The predicted octanol–water partition coefficient (Wildman–Crippen LogP) is 5.54. The first-order chi connectivity index (χ1) is 15.5. The molecule has 0 saturated carbocycles. The number of nitrogens with two attached hydrogens (primary N) is 1.